The van der Waals surface area contributed by atoms with Crippen molar-refractivity contribution in [3.05, 3.63) is 71.4 Å². The van der Waals surface area contributed by atoms with Crippen LogP contribution in [0.2, 0.25) is 0 Å². The highest BCUT2D eigenvalue weighted by Crippen LogP contribution is 2.25. The van der Waals surface area contributed by atoms with Crippen LogP contribution < -0.4 is 0 Å². The monoisotopic (exact) mass is 342 g/mol. The molecule has 6 heteroatoms. The van der Waals surface area contributed by atoms with Crippen molar-refractivity contribution >= 4 is 5.97 Å². The molecule has 3 aromatic rings. The van der Waals surface area contributed by atoms with Gasteiger partial charge in [-0.25, -0.2) is 9.48 Å². The highest BCUT2D eigenvalue weighted by atomic mass is 16.5. The van der Waals surface area contributed by atoms with E-state index in [0.29, 0.717) is 22.5 Å². The van der Waals surface area contributed by atoms with Crippen molar-refractivity contribution in [3.8, 4) is 29.1 Å². The molecule has 1 aromatic heterocycles. The van der Waals surface area contributed by atoms with Crippen LogP contribution in [0.5, 0.6) is 0 Å². The molecule has 0 aliphatic heterocycles. The number of carbonyl (C=O) groups excluding carboxylic acids is 1. The molecule has 0 radical (unpaired) electrons. The minimum absolute atomic E-state index is 0.159. The highest BCUT2D eigenvalue weighted by Gasteiger charge is 2.18. The van der Waals surface area contributed by atoms with Gasteiger partial charge in [0.05, 0.1) is 41.3 Å². The number of ether oxygens (including phenoxy) is 1. The number of benzene rings is 2. The molecule has 0 N–H and O–H groups in total. The Bertz CT molecular complexity index is 979. The van der Waals surface area contributed by atoms with E-state index < -0.39 is 5.97 Å². The Kier molecular flexibility index (Phi) is 4.78. The van der Waals surface area contributed by atoms with E-state index in [2.05, 4.69) is 17.2 Å². The summed E-state index contributed by atoms with van der Waals surface area (Å²) in [5, 5.41) is 22.6. The molecule has 126 valence electrons. The maximum absolute atomic E-state index is 12.1. The van der Waals surface area contributed by atoms with Crippen LogP contribution in [0.25, 0.3) is 16.9 Å². The molecule has 26 heavy (non-hydrogen) atoms. The first-order chi connectivity index (χ1) is 12.7. The predicted octanol–water partition coefficient (Wildman–Crippen LogP) is 3.46. The van der Waals surface area contributed by atoms with Crippen molar-refractivity contribution in [2.75, 3.05) is 6.61 Å². The summed E-state index contributed by atoms with van der Waals surface area (Å²) in [4.78, 5) is 12.1. The van der Waals surface area contributed by atoms with Crippen LogP contribution in [0, 0.1) is 22.7 Å². The van der Waals surface area contributed by atoms with Gasteiger partial charge in [0.25, 0.3) is 0 Å². The Morgan fingerprint density at radius 2 is 1.77 bits per heavy atom. The van der Waals surface area contributed by atoms with Crippen molar-refractivity contribution in [3.63, 3.8) is 0 Å². The van der Waals surface area contributed by atoms with Gasteiger partial charge < -0.3 is 4.74 Å². The Hall–Kier alpha value is -3.90. The maximum atomic E-state index is 12.1. The lowest BCUT2D eigenvalue weighted by atomic mass is 10.1. The molecular formula is C20H14N4O2. The molecule has 0 fully saturated rings. The molecule has 0 aliphatic carbocycles. The molecule has 3 rings (SSSR count). The minimum Gasteiger partial charge on any atom is -0.461 e. The summed E-state index contributed by atoms with van der Waals surface area (Å²) in [6.07, 6.45) is 0. The highest BCUT2D eigenvalue weighted by molar-refractivity contribution is 5.89. The molecule has 0 saturated heterocycles. The van der Waals surface area contributed by atoms with E-state index in [9.17, 15) is 4.79 Å². The fourth-order valence-electron chi connectivity index (χ4n) is 2.54. The zero-order chi connectivity index (χ0) is 18.5. The van der Waals surface area contributed by atoms with Gasteiger partial charge in [-0.05, 0) is 43.3 Å². The summed E-state index contributed by atoms with van der Waals surface area (Å²) in [6, 6.07) is 19.7. The van der Waals surface area contributed by atoms with Crippen molar-refractivity contribution in [1.29, 1.82) is 10.5 Å². The fraction of sp³-hybridized carbons (Fsp3) is 0.100. The topological polar surface area (TPSA) is 91.7 Å². The number of aromatic nitrogens is 2. The Labute approximate surface area is 150 Å². The number of nitriles is 2. The first-order valence-corrected chi connectivity index (χ1v) is 7.94. The van der Waals surface area contributed by atoms with Gasteiger partial charge >= 0.3 is 5.97 Å². The van der Waals surface area contributed by atoms with Gasteiger partial charge in [0, 0.05) is 5.56 Å². The van der Waals surface area contributed by atoms with Gasteiger partial charge in [-0.1, -0.05) is 18.2 Å². The van der Waals surface area contributed by atoms with Crippen LogP contribution >= 0.6 is 0 Å². The van der Waals surface area contributed by atoms with E-state index in [0.717, 1.165) is 5.56 Å². The predicted molar refractivity (Wildman–Crippen MR) is 94.4 cm³/mol. The lowest BCUT2D eigenvalue weighted by Crippen LogP contribution is -2.07. The van der Waals surface area contributed by atoms with Gasteiger partial charge in [-0.15, -0.1) is 0 Å². The number of nitrogens with zero attached hydrogens (tertiary/aromatic N) is 4. The molecule has 0 amide bonds. The summed E-state index contributed by atoms with van der Waals surface area (Å²) in [5.41, 5.74) is 3.13. The van der Waals surface area contributed by atoms with E-state index in [1.54, 1.807) is 60.1 Å². The second-order valence-electron chi connectivity index (χ2n) is 5.40. The summed E-state index contributed by atoms with van der Waals surface area (Å²) < 4.78 is 6.61. The zero-order valence-corrected chi connectivity index (χ0v) is 14.0. The largest absolute Gasteiger partial charge is 0.461 e. The lowest BCUT2D eigenvalue weighted by Gasteiger charge is -2.08. The third-order valence-electron chi connectivity index (χ3n) is 3.70. The average Bonchev–Trinajstić information content (AvgIpc) is 3.14. The lowest BCUT2D eigenvalue weighted by molar-refractivity contribution is 0.0519. The van der Waals surface area contributed by atoms with Gasteiger partial charge in [0.2, 0.25) is 0 Å². The number of carbonyl (C=O) groups is 1. The number of hydrogen-bond donors (Lipinski definition) is 0. The van der Waals surface area contributed by atoms with Crippen LogP contribution in [0.1, 0.15) is 28.5 Å². The Morgan fingerprint density at radius 3 is 2.46 bits per heavy atom. The number of rotatable bonds is 4. The molecule has 0 spiro atoms. The SMILES string of the molecule is CCOC(=O)c1cc(-c2cccc(C#N)c2)n(-c2cccc(C#N)c2)n1. The van der Waals surface area contributed by atoms with Crippen molar-refractivity contribution < 1.29 is 9.53 Å². The van der Waals surface area contributed by atoms with Crippen LogP contribution in [-0.2, 0) is 4.74 Å². The first-order valence-electron chi connectivity index (χ1n) is 7.94. The Balaban J connectivity index is 2.19. The van der Waals surface area contributed by atoms with Gasteiger partial charge in [-0.2, -0.15) is 15.6 Å². The van der Waals surface area contributed by atoms with E-state index >= 15 is 0 Å². The van der Waals surface area contributed by atoms with E-state index in [1.807, 2.05) is 6.07 Å². The van der Waals surface area contributed by atoms with Gasteiger partial charge in [-0.3, -0.25) is 0 Å². The summed E-state index contributed by atoms with van der Waals surface area (Å²) in [7, 11) is 0. The molecule has 2 aromatic carbocycles. The smallest absolute Gasteiger partial charge is 0.358 e. The fourth-order valence-corrected chi connectivity index (χ4v) is 2.54. The average molecular weight is 342 g/mol. The molecular weight excluding hydrogens is 328 g/mol. The number of esters is 1. The van der Waals surface area contributed by atoms with Crippen molar-refractivity contribution in [2.45, 2.75) is 6.92 Å². The summed E-state index contributed by atoms with van der Waals surface area (Å²) in [5.74, 6) is -0.527. The third kappa shape index (κ3) is 3.31. The molecule has 0 saturated carbocycles. The summed E-state index contributed by atoms with van der Waals surface area (Å²) >= 11 is 0. The standard InChI is InChI=1S/C20H14N4O2/c1-2-26-20(25)18-11-19(16-7-3-5-14(9-16)12-21)24(23-18)17-8-4-6-15(10-17)13-22/h3-11H,2H2,1H3. The maximum Gasteiger partial charge on any atom is 0.358 e. The van der Waals surface area contributed by atoms with E-state index in [4.69, 9.17) is 15.3 Å². The van der Waals surface area contributed by atoms with E-state index in [-0.39, 0.29) is 12.3 Å². The quantitative estimate of drug-likeness (QED) is 0.677. The van der Waals surface area contributed by atoms with Gasteiger partial charge in [0.1, 0.15) is 0 Å². The molecule has 0 aliphatic rings. The normalized spacial score (nSPS) is 9.96. The van der Waals surface area contributed by atoms with Crippen molar-refractivity contribution in [2.24, 2.45) is 0 Å². The number of hydrogen-bond acceptors (Lipinski definition) is 5. The molecule has 0 atom stereocenters. The van der Waals surface area contributed by atoms with Crippen LogP contribution in [-0.4, -0.2) is 22.4 Å². The van der Waals surface area contributed by atoms with Crippen LogP contribution in [0.15, 0.2) is 54.6 Å². The second kappa shape index (κ2) is 7.33. The third-order valence-corrected chi connectivity index (χ3v) is 3.70. The first kappa shape index (κ1) is 16.9. The molecule has 0 unspecified atom stereocenters. The summed E-state index contributed by atoms with van der Waals surface area (Å²) in [6.45, 7) is 1.97. The van der Waals surface area contributed by atoms with Crippen molar-refractivity contribution in [1.82, 2.24) is 9.78 Å². The van der Waals surface area contributed by atoms with Crippen LogP contribution in [0.3, 0.4) is 0 Å². The molecule has 0 bridgehead atoms. The zero-order valence-electron chi connectivity index (χ0n) is 14.0. The minimum atomic E-state index is -0.527. The second-order valence-corrected chi connectivity index (χ2v) is 5.40. The molecule has 6 nitrogen and oxygen atoms in total. The Morgan fingerprint density at radius 1 is 1.08 bits per heavy atom. The van der Waals surface area contributed by atoms with Crippen LogP contribution in [0.4, 0.5) is 0 Å². The molecule has 1 heterocycles. The van der Waals surface area contributed by atoms with Gasteiger partial charge in [0.15, 0.2) is 5.69 Å². The van der Waals surface area contributed by atoms with E-state index in [1.165, 1.54) is 0 Å².